The number of rotatable bonds is 1. The Morgan fingerprint density at radius 1 is 0.800 bits per heavy atom. The number of hydrogen-bond acceptors (Lipinski definition) is 0. The number of hydrogen-bond donors (Lipinski definition) is 0. The van der Waals surface area contributed by atoms with Crippen molar-refractivity contribution in [3.05, 3.63) is 84.7 Å². The van der Waals surface area contributed by atoms with Crippen molar-refractivity contribution in [2.75, 3.05) is 0 Å². The summed E-state index contributed by atoms with van der Waals surface area (Å²) in [6, 6.07) is 24.1. The highest BCUT2D eigenvalue weighted by molar-refractivity contribution is 6.04. The molecule has 0 bridgehead atoms. The van der Waals surface area contributed by atoms with Crippen molar-refractivity contribution >= 4 is 27.2 Å². The lowest BCUT2D eigenvalue weighted by Gasteiger charge is -2.09. The summed E-state index contributed by atoms with van der Waals surface area (Å²) >= 11 is 0. The molecule has 5 aromatic rings. The highest BCUT2D eigenvalue weighted by atomic mass is 14.9. The van der Waals surface area contributed by atoms with E-state index in [1.807, 2.05) is 0 Å². The lowest BCUT2D eigenvalue weighted by Crippen LogP contribution is -2.30. The van der Waals surface area contributed by atoms with Crippen molar-refractivity contribution in [2.45, 2.75) is 6.92 Å². The van der Waals surface area contributed by atoms with E-state index in [2.05, 4.69) is 102 Å². The lowest BCUT2D eigenvalue weighted by atomic mass is 9.99. The van der Waals surface area contributed by atoms with Gasteiger partial charge in [-0.25, -0.2) is 4.57 Å². The Bertz CT molecular complexity index is 1260. The number of aryl methyl sites for hydroxylation is 2. The molecule has 0 atom stereocenters. The smallest absolute Gasteiger partial charge is 0.212 e. The Balaban J connectivity index is 1.91. The summed E-state index contributed by atoms with van der Waals surface area (Å²) in [4.78, 5) is 0. The van der Waals surface area contributed by atoms with Crippen LogP contribution in [0, 0.1) is 6.92 Å². The quantitative estimate of drug-likeness (QED) is 0.382. The highest BCUT2D eigenvalue weighted by Gasteiger charge is 2.14. The van der Waals surface area contributed by atoms with Gasteiger partial charge >= 0.3 is 0 Å². The molecule has 0 saturated heterocycles. The molecule has 0 aliphatic rings. The van der Waals surface area contributed by atoms with Crippen LogP contribution in [0.25, 0.3) is 38.4 Å². The van der Waals surface area contributed by atoms with Gasteiger partial charge in [-0.3, -0.25) is 0 Å². The minimum absolute atomic E-state index is 1.24. The standard InChI is InChI=1S/C23H19N2/c1-16-13-17-10-12-25-21-8-4-3-7-18(21)14-23(25)20(17)15-19(16)22-9-5-6-11-24(22)2/h3-15H,1-2H3/q+1. The van der Waals surface area contributed by atoms with Gasteiger partial charge < -0.3 is 4.40 Å². The van der Waals surface area contributed by atoms with Crippen LogP contribution in [0.15, 0.2) is 79.1 Å². The van der Waals surface area contributed by atoms with Crippen LogP contribution in [-0.4, -0.2) is 4.40 Å². The molecule has 0 aliphatic carbocycles. The van der Waals surface area contributed by atoms with Crippen molar-refractivity contribution in [1.29, 1.82) is 0 Å². The molecule has 0 saturated carbocycles. The predicted molar refractivity (Wildman–Crippen MR) is 104 cm³/mol. The summed E-state index contributed by atoms with van der Waals surface area (Å²) in [6.45, 7) is 2.20. The van der Waals surface area contributed by atoms with Crippen LogP contribution in [0.3, 0.4) is 0 Å². The SMILES string of the molecule is Cc1cc2ccn3c4ccccc4cc3c2cc1-c1cccc[n+]1C. The second kappa shape index (κ2) is 5.18. The van der Waals surface area contributed by atoms with E-state index in [0.29, 0.717) is 0 Å². The molecule has 0 aliphatic heterocycles. The van der Waals surface area contributed by atoms with E-state index in [0.717, 1.165) is 0 Å². The Morgan fingerprint density at radius 2 is 1.64 bits per heavy atom. The monoisotopic (exact) mass is 323 g/mol. The maximum atomic E-state index is 2.34. The second-order valence-electron chi connectivity index (χ2n) is 6.73. The van der Waals surface area contributed by atoms with Gasteiger partial charge in [0.1, 0.15) is 7.05 Å². The maximum Gasteiger partial charge on any atom is 0.212 e. The van der Waals surface area contributed by atoms with Gasteiger partial charge in [0.15, 0.2) is 6.20 Å². The number of para-hydroxylation sites is 1. The topological polar surface area (TPSA) is 8.29 Å². The molecule has 2 heteroatoms. The zero-order chi connectivity index (χ0) is 17.0. The average molecular weight is 323 g/mol. The van der Waals surface area contributed by atoms with Gasteiger partial charge in [-0.1, -0.05) is 24.3 Å². The third-order valence-corrected chi connectivity index (χ3v) is 5.15. The second-order valence-corrected chi connectivity index (χ2v) is 6.73. The molecule has 3 heterocycles. The fourth-order valence-corrected chi connectivity index (χ4v) is 3.87. The molecule has 0 amide bonds. The molecule has 25 heavy (non-hydrogen) atoms. The largest absolute Gasteiger partial charge is 0.316 e. The van der Waals surface area contributed by atoms with Crippen LogP contribution in [0.5, 0.6) is 0 Å². The first kappa shape index (κ1) is 14.2. The number of nitrogens with zero attached hydrogens (tertiary/aromatic N) is 2. The van der Waals surface area contributed by atoms with E-state index in [4.69, 9.17) is 0 Å². The summed E-state index contributed by atoms with van der Waals surface area (Å²) < 4.78 is 4.48. The average Bonchev–Trinajstić information content (AvgIpc) is 3.01. The van der Waals surface area contributed by atoms with Crippen LogP contribution >= 0.6 is 0 Å². The third-order valence-electron chi connectivity index (χ3n) is 5.15. The van der Waals surface area contributed by atoms with Gasteiger partial charge in [0.25, 0.3) is 0 Å². The number of fused-ring (bicyclic) bond motifs is 5. The zero-order valence-corrected chi connectivity index (χ0v) is 14.4. The molecular weight excluding hydrogens is 304 g/mol. The molecule has 5 rings (SSSR count). The van der Waals surface area contributed by atoms with E-state index in [-0.39, 0.29) is 0 Å². The molecule has 0 radical (unpaired) electrons. The van der Waals surface area contributed by atoms with E-state index in [1.165, 1.54) is 44.0 Å². The molecular formula is C23H19N2+. The van der Waals surface area contributed by atoms with E-state index < -0.39 is 0 Å². The Labute approximate surface area is 146 Å². The van der Waals surface area contributed by atoms with Gasteiger partial charge in [0, 0.05) is 34.7 Å². The van der Waals surface area contributed by atoms with Crippen LogP contribution in [-0.2, 0) is 7.05 Å². The van der Waals surface area contributed by atoms with Gasteiger partial charge in [-0.05, 0) is 48.2 Å². The molecule has 0 unspecified atom stereocenters. The molecule has 0 spiro atoms. The normalized spacial score (nSPS) is 11.6. The lowest BCUT2D eigenvalue weighted by molar-refractivity contribution is -0.660. The minimum atomic E-state index is 1.24. The van der Waals surface area contributed by atoms with Gasteiger partial charge in [0.05, 0.1) is 11.0 Å². The molecule has 2 nitrogen and oxygen atoms in total. The van der Waals surface area contributed by atoms with E-state index in [1.54, 1.807) is 0 Å². The molecule has 0 N–H and O–H groups in total. The summed E-state index contributed by atoms with van der Waals surface area (Å²) in [7, 11) is 2.10. The first-order valence-corrected chi connectivity index (χ1v) is 8.60. The van der Waals surface area contributed by atoms with Crippen molar-refractivity contribution in [2.24, 2.45) is 7.05 Å². The first-order valence-electron chi connectivity index (χ1n) is 8.60. The molecule has 120 valence electrons. The van der Waals surface area contributed by atoms with Crippen molar-refractivity contribution in [3.63, 3.8) is 0 Å². The minimum Gasteiger partial charge on any atom is -0.316 e. The number of benzene rings is 2. The van der Waals surface area contributed by atoms with Gasteiger partial charge in [-0.2, -0.15) is 0 Å². The maximum absolute atomic E-state index is 2.34. The summed E-state index contributed by atoms with van der Waals surface area (Å²) in [5.41, 5.74) is 6.34. The van der Waals surface area contributed by atoms with Crippen molar-refractivity contribution < 1.29 is 4.57 Å². The van der Waals surface area contributed by atoms with E-state index >= 15 is 0 Å². The predicted octanol–water partition coefficient (Wildman–Crippen LogP) is 5.05. The summed E-state index contributed by atoms with van der Waals surface area (Å²) in [5, 5.41) is 3.86. The van der Waals surface area contributed by atoms with Crippen LogP contribution in [0.1, 0.15) is 5.56 Å². The van der Waals surface area contributed by atoms with Crippen LogP contribution < -0.4 is 4.57 Å². The Kier molecular flexibility index (Phi) is 2.95. The van der Waals surface area contributed by atoms with Crippen LogP contribution in [0.4, 0.5) is 0 Å². The molecule has 0 fully saturated rings. The highest BCUT2D eigenvalue weighted by Crippen LogP contribution is 2.31. The molecule has 3 aromatic heterocycles. The van der Waals surface area contributed by atoms with E-state index in [9.17, 15) is 0 Å². The first-order chi connectivity index (χ1) is 12.2. The van der Waals surface area contributed by atoms with Gasteiger partial charge in [-0.15, -0.1) is 0 Å². The zero-order valence-electron chi connectivity index (χ0n) is 14.4. The third kappa shape index (κ3) is 2.07. The summed E-state index contributed by atoms with van der Waals surface area (Å²) in [5.74, 6) is 0. The Hall–Kier alpha value is -3.13. The van der Waals surface area contributed by atoms with Crippen molar-refractivity contribution in [1.82, 2.24) is 4.40 Å². The Morgan fingerprint density at radius 3 is 2.52 bits per heavy atom. The number of aromatic nitrogens is 2. The van der Waals surface area contributed by atoms with Gasteiger partial charge in [0.2, 0.25) is 5.69 Å². The number of pyridine rings is 2. The fourth-order valence-electron chi connectivity index (χ4n) is 3.87. The molecule has 2 aromatic carbocycles. The van der Waals surface area contributed by atoms with Crippen molar-refractivity contribution in [3.8, 4) is 11.3 Å². The van der Waals surface area contributed by atoms with Crippen LogP contribution in [0.2, 0.25) is 0 Å². The fraction of sp³-hybridized carbons (Fsp3) is 0.0870. The summed E-state index contributed by atoms with van der Waals surface area (Å²) in [6.07, 6.45) is 4.28.